The molecule has 0 fully saturated rings. The third-order valence-corrected chi connectivity index (χ3v) is 4.96. The van der Waals surface area contributed by atoms with Gasteiger partial charge in [0.2, 0.25) is 5.91 Å². The van der Waals surface area contributed by atoms with Crippen LogP contribution in [0.15, 0.2) is 60.7 Å². The molecule has 2 atom stereocenters. The first-order valence-corrected chi connectivity index (χ1v) is 10.8. The standard InChI is InChI=1S/C24H29N7O2/c1-24(2,26)23(32)27-21(17-33-16-19-11-7-4-8-12-19)22-28-30-31(29-22)15-20(14-25)13-18-9-5-3-6-10-18/h3-12,20-21H,13,15-17,26H2,1-2H3,(H,27,32). The van der Waals surface area contributed by atoms with Gasteiger partial charge in [-0.25, -0.2) is 0 Å². The maximum atomic E-state index is 12.5. The molecular formula is C24H29N7O2. The highest BCUT2D eigenvalue weighted by atomic mass is 16.5. The number of tetrazole rings is 1. The molecule has 0 radical (unpaired) electrons. The summed E-state index contributed by atoms with van der Waals surface area (Å²) in [6.45, 7) is 4.05. The van der Waals surface area contributed by atoms with Gasteiger partial charge >= 0.3 is 0 Å². The number of nitriles is 1. The minimum absolute atomic E-state index is 0.147. The number of hydrogen-bond donors (Lipinski definition) is 2. The number of amides is 1. The molecule has 3 aromatic rings. The molecule has 0 spiro atoms. The van der Waals surface area contributed by atoms with Crippen LogP contribution in [0, 0.1) is 17.2 Å². The minimum atomic E-state index is -1.07. The van der Waals surface area contributed by atoms with Crippen LogP contribution in [0.2, 0.25) is 0 Å². The van der Waals surface area contributed by atoms with E-state index in [0.717, 1.165) is 11.1 Å². The lowest BCUT2D eigenvalue weighted by atomic mass is 10.0. The van der Waals surface area contributed by atoms with Crippen LogP contribution in [-0.4, -0.2) is 38.3 Å². The molecule has 2 aromatic carbocycles. The Labute approximate surface area is 193 Å². The fourth-order valence-electron chi connectivity index (χ4n) is 3.11. The van der Waals surface area contributed by atoms with E-state index in [0.29, 0.717) is 18.9 Å². The second kappa shape index (κ2) is 11.3. The SMILES string of the molecule is CC(C)(N)C(=O)NC(COCc1ccccc1)c1nnn(CC(C#N)Cc2ccccc2)n1. The Morgan fingerprint density at radius 2 is 1.79 bits per heavy atom. The van der Waals surface area contributed by atoms with Crippen molar-refractivity contribution in [2.75, 3.05) is 6.61 Å². The van der Waals surface area contributed by atoms with Gasteiger partial charge in [-0.1, -0.05) is 60.7 Å². The van der Waals surface area contributed by atoms with E-state index in [1.54, 1.807) is 13.8 Å². The molecule has 0 saturated heterocycles. The van der Waals surface area contributed by atoms with E-state index in [2.05, 4.69) is 26.8 Å². The van der Waals surface area contributed by atoms with Crippen molar-refractivity contribution in [1.29, 1.82) is 5.26 Å². The Morgan fingerprint density at radius 3 is 2.39 bits per heavy atom. The Kier molecular flexibility index (Phi) is 8.24. The summed E-state index contributed by atoms with van der Waals surface area (Å²) in [5.41, 5.74) is 6.94. The zero-order valence-electron chi connectivity index (χ0n) is 18.9. The zero-order chi connectivity index (χ0) is 23.7. The fourth-order valence-corrected chi connectivity index (χ4v) is 3.11. The van der Waals surface area contributed by atoms with E-state index < -0.39 is 11.6 Å². The van der Waals surface area contributed by atoms with Crippen LogP contribution in [0.25, 0.3) is 0 Å². The van der Waals surface area contributed by atoms with Crippen molar-refractivity contribution >= 4 is 5.91 Å². The van der Waals surface area contributed by atoms with Crippen LogP contribution in [0.4, 0.5) is 0 Å². The average Bonchev–Trinajstić information content (AvgIpc) is 3.27. The highest BCUT2D eigenvalue weighted by Crippen LogP contribution is 2.13. The lowest BCUT2D eigenvalue weighted by Gasteiger charge is -2.22. The first-order valence-electron chi connectivity index (χ1n) is 10.8. The number of ether oxygens (including phenoxy) is 1. The molecule has 3 rings (SSSR count). The van der Waals surface area contributed by atoms with E-state index in [1.165, 1.54) is 4.80 Å². The molecule has 0 saturated carbocycles. The zero-order valence-corrected chi connectivity index (χ0v) is 18.9. The fraction of sp³-hybridized carbons (Fsp3) is 0.375. The molecule has 0 bridgehead atoms. The highest BCUT2D eigenvalue weighted by molar-refractivity contribution is 5.85. The van der Waals surface area contributed by atoms with Crippen LogP contribution in [0.1, 0.15) is 36.8 Å². The second-order valence-electron chi connectivity index (χ2n) is 8.47. The summed E-state index contributed by atoms with van der Waals surface area (Å²) in [6, 6.07) is 21.2. The summed E-state index contributed by atoms with van der Waals surface area (Å²) in [4.78, 5) is 13.9. The Morgan fingerprint density at radius 1 is 1.15 bits per heavy atom. The predicted octanol–water partition coefficient (Wildman–Crippen LogP) is 2.17. The monoisotopic (exact) mass is 447 g/mol. The van der Waals surface area contributed by atoms with Crippen LogP contribution in [0.3, 0.4) is 0 Å². The number of nitrogens with zero attached hydrogens (tertiary/aromatic N) is 5. The molecular weight excluding hydrogens is 418 g/mol. The van der Waals surface area contributed by atoms with E-state index in [9.17, 15) is 10.1 Å². The van der Waals surface area contributed by atoms with Gasteiger partial charge < -0.3 is 15.8 Å². The molecule has 172 valence electrons. The summed E-state index contributed by atoms with van der Waals surface area (Å²) in [6.07, 6.45) is 0.579. The van der Waals surface area contributed by atoms with Gasteiger partial charge in [-0.05, 0) is 36.6 Å². The van der Waals surface area contributed by atoms with Crippen LogP contribution in [0.5, 0.6) is 0 Å². The summed E-state index contributed by atoms with van der Waals surface area (Å²) >= 11 is 0. The maximum absolute atomic E-state index is 12.5. The summed E-state index contributed by atoms with van der Waals surface area (Å²) in [5.74, 6) is -0.372. The molecule has 9 heteroatoms. The third kappa shape index (κ3) is 7.49. The molecule has 1 aromatic heterocycles. The van der Waals surface area contributed by atoms with Crippen molar-refractivity contribution in [2.24, 2.45) is 11.7 Å². The second-order valence-corrected chi connectivity index (χ2v) is 8.47. The molecule has 9 nitrogen and oxygen atoms in total. The van der Waals surface area contributed by atoms with Crippen molar-refractivity contribution in [2.45, 2.75) is 45.0 Å². The highest BCUT2D eigenvalue weighted by Gasteiger charge is 2.28. The number of benzene rings is 2. The van der Waals surface area contributed by atoms with Crippen molar-refractivity contribution < 1.29 is 9.53 Å². The maximum Gasteiger partial charge on any atom is 0.240 e. The lowest BCUT2D eigenvalue weighted by Crippen LogP contribution is -2.50. The van der Waals surface area contributed by atoms with Gasteiger partial charge in [-0.2, -0.15) is 10.1 Å². The third-order valence-electron chi connectivity index (χ3n) is 4.96. The van der Waals surface area contributed by atoms with Crippen LogP contribution >= 0.6 is 0 Å². The number of rotatable bonds is 11. The number of carbonyl (C=O) groups is 1. The van der Waals surface area contributed by atoms with Gasteiger partial charge in [-0.15, -0.1) is 10.2 Å². The minimum Gasteiger partial charge on any atom is -0.374 e. The van der Waals surface area contributed by atoms with Crippen LogP contribution in [-0.2, 0) is 29.1 Å². The van der Waals surface area contributed by atoms with Gasteiger partial charge in [0, 0.05) is 0 Å². The summed E-state index contributed by atoms with van der Waals surface area (Å²) < 4.78 is 5.82. The molecule has 33 heavy (non-hydrogen) atoms. The molecule has 1 amide bonds. The smallest absolute Gasteiger partial charge is 0.240 e. The number of carbonyl (C=O) groups excluding carboxylic acids is 1. The first-order chi connectivity index (χ1) is 15.8. The van der Waals surface area contributed by atoms with Gasteiger partial charge in [0.15, 0.2) is 5.82 Å². The van der Waals surface area contributed by atoms with Crippen LogP contribution < -0.4 is 11.1 Å². The number of nitrogens with two attached hydrogens (primary N) is 1. The Balaban J connectivity index is 1.67. The molecule has 0 aliphatic carbocycles. The largest absolute Gasteiger partial charge is 0.374 e. The predicted molar refractivity (Wildman–Crippen MR) is 122 cm³/mol. The van der Waals surface area contributed by atoms with Gasteiger partial charge in [0.05, 0.1) is 37.3 Å². The van der Waals surface area contributed by atoms with E-state index in [4.69, 9.17) is 10.5 Å². The number of hydrogen-bond acceptors (Lipinski definition) is 7. The van der Waals surface area contributed by atoms with Crippen molar-refractivity contribution in [1.82, 2.24) is 25.5 Å². The molecule has 2 unspecified atom stereocenters. The molecule has 0 aliphatic heterocycles. The van der Waals surface area contributed by atoms with Gasteiger partial charge in [0.1, 0.15) is 6.04 Å². The Hall–Kier alpha value is -3.61. The quantitative estimate of drug-likeness (QED) is 0.460. The van der Waals surface area contributed by atoms with Crippen molar-refractivity contribution in [3.63, 3.8) is 0 Å². The van der Waals surface area contributed by atoms with Crippen molar-refractivity contribution in [3.05, 3.63) is 77.6 Å². The Bertz CT molecular complexity index is 1060. The van der Waals surface area contributed by atoms with E-state index in [1.807, 2.05) is 60.7 Å². The van der Waals surface area contributed by atoms with E-state index >= 15 is 0 Å². The average molecular weight is 448 g/mol. The topological polar surface area (TPSA) is 132 Å². The molecule has 1 heterocycles. The van der Waals surface area contributed by atoms with Gasteiger partial charge in [0.25, 0.3) is 0 Å². The molecule has 0 aliphatic rings. The number of aromatic nitrogens is 4. The van der Waals surface area contributed by atoms with Crippen molar-refractivity contribution in [3.8, 4) is 6.07 Å². The summed E-state index contributed by atoms with van der Waals surface area (Å²) in [5, 5.41) is 25.0. The summed E-state index contributed by atoms with van der Waals surface area (Å²) in [7, 11) is 0. The molecule has 3 N–H and O–H groups in total. The first kappa shape index (κ1) is 24.0. The lowest BCUT2D eigenvalue weighted by molar-refractivity contribution is -0.126. The van der Waals surface area contributed by atoms with E-state index in [-0.39, 0.29) is 25.0 Å². The number of nitrogens with one attached hydrogen (secondary N) is 1. The van der Waals surface area contributed by atoms with Gasteiger partial charge in [-0.3, -0.25) is 4.79 Å². The normalized spacial score (nSPS) is 13.2.